The van der Waals surface area contributed by atoms with E-state index in [4.69, 9.17) is 5.10 Å². The van der Waals surface area contributed by atoms with Gasteiger partial charge in [-0.2, -0.15) is 5.10 Å². The molecule has 0 unspecified atom stereocenters. The van der Waals surface area contributed by atoms with Crippen molar-refractivity contribution in [2.45, 2.75) is 58.8 Å². The molecule has 3 amide bonds. The van der Waals surface area contributed by atoms with Crippen LogP contribution in [0.4, 0.5) is 16.3 Å². The predicted octanol–water partition coefficient (Wildman–Crippen LogP) is 6.64. The van der Waals surface area contributed by atoms with Crippen molar-refractivity contribution in [2.24, 2.45) is 5.92 Å². The number of aromatic nitrogens is 2. The Morgan fingerprint density at radius 1 is 1.03 bits per heavy atom. The maximum absolute atomic E-state index is 13.2. The summed E-state index contributed by atoms with van der Waals surface area (Å²) in [5.41, 5.74) is 4.49. The SMILES string of the molecule is CSc1ccc(NC(=O)N(CC(=O)Nc2cc(C(C)(C)C)nn2-c2ccc(C)cc2C)CC(C)C)cc1. The number of nitrogens with zero attached hydrogens (tertiary/aromatic N) is 3. The fourth-order valence-electron chi connectivity index (χ4n) is 3.96. The van der Waals surface area contributed by atoms with E-state index >= 15 is 0 Å². The number of carbonyl (C=O) groups is 2. The number of amides is 3. The molecule has 0 spiro atoms. The van der Waals surface area contributed by atoms with Gasteiger partial charge < -0.3 is 15.5 Å². The van der Waals surface area contributed by atoms with Crippen LogP contribution in [0.25, 0.3) is 5.69 Å². The van der Waals surface area contributed by atoms with Crippen LogP contribution in [0.5, 0.6) is 0 Å². The molecule has 7 nitrogen and oxygen atoms in total. The first-order chi connectivity index (χ1) is 17.4. The summed E-state index contributed by atoms with van der Waals surface area (Å²) in [6.07, 6.45) is 2.01. The third-order valence-electron chi connectivity index (χ3n) is 5.87. The third-order valence-corrected chi connectivity index (χ3v) is 6.62. The zero-order valence-corrected chi connectivity index (χ0v) is 24.0. The minimum absolute atomic E-state index is 0.0736. The number of carbonyl (C=O) groups excluding carboxylic acids is 2. The molecule has 2 N–H and O–H groups in total. The lowest BCUT2D eigenvalue weighted by Crippen LogP contribution is -2.42. The molecule has 0 aliphatic heterocycles. The first-order valence-electron chi connectivity index (χ1n) is 12.6. The Labute approximate surface area is 225 Å². The molecule has 8 heteroatoms. The van der Waals surface area contributed by atoms with Crippen LogP contribution in [0.15, 0.2) is 53.4 Å². The zero-order valence-electron chi connectivity index (χ0n) is 23.2. The van der Waals surface area contributed by atoms with Gasteiger partial charge in [0.05, 0.1) is 11.4 Å². The second-order valence-corrected chi connectivity index (χ2v) is 11.7. The van der Waals surface area contributed by atoms with Gasteiger partial charge in [-0.1, -0.05) is 52.3 Å². The van der Waals surface area contributed by atoms with Crippen LogP contribution in [-0.4, -0.2) is 46.0 Å². The molecular weight excluding hydrogens is 482 g/mol. The Kier molecular flexibility index (Phi) is 9.07. The summed E-state index contributed by atoms with van der Waals surface area (Å²) in [6.45, 7) is 14.8. The number of urea groups is 1. The molecule has 0 saturated carbocycles. The standard InChI is InChI=1S/C29H39N5O2S/c1-19(2)17-33(28(36)30-22-10-12-23(37-8)13-11-22)18-27(35)31-26-16-25(29(5,6)7)32-34(26)24-14-9-20(3)15-21(24)4/h9-16,19H,17-18H2,1-8H3,(H,30,36)(H,31,35). The fourth-order valence-corrected chi connectivity index (χ4v) is 4.36. The van der Waals surface area contributed by atoms with E-state index in [0.717, 1.165) is 27.4 Å². The molecule has 37 heavy (non-hydrogen) atoms. The van der Waals surface area contributed by atoms with Gasteiger partial charge in [-0.05, 0) is 61.9 Å². The number of benzene rings is 2. The highest BCUT2D eigenvalue weighted by atomic mass is 32.2. The van der Waals surface area contributed by atoms with E-state index in [0.29, 0.717) is 18.1 Å². The number of hydrogen-bond acceptors (Lipinski definition) is 4. The van der Waals surface area contributed by atoms with Gasteiger partial charge >= 0.3 is 6.03 Å². The van der Waals surface area contributed by atoms with Crippen molar-refractivity contribution in [3.05, 3.63) is 65.4 Å². The molecule has 3 aromatic rings. The van der Waals surface area contributed by atoms with Gasteiger partial charge in [0.2, 0.25) is 5.91 Å². The Morgan fingerprint density at radius 2 is 1.70 bits per heavy atom. The fraction of sp³-hybridized carbons (Fsp3) is 0.414. The predicted molar refractivity (Wildman–Crippen MR) is 154 cm³/mol. The highest BCUT2D eigenvalue weighted by molar-refractivity contribution is 7.98. The Bertz CT molecular complexity index is 1240. The Morgan fingerprint density at radius 3 is 2.27 bits per heavy atom. The van der Waals surface area contributed by atoms with Crippen LogP contribution in [0.1, 0.15) is 51.4 Å². The zero-order chi connectivity index (χ0) is 27.3. The van der Waals surface area contributed by atoms with E-state index in [1.807, 2.05) is 69.5 Å². The van der Waals surface area contributed by atoms with Crippen LogP contribution in [-0.2, 0) is 10.2 Å². The van der Waals surface area contributed by atoms with Crippen molar-refractivity contribution in [3.8, 4) is 5.69 Å². The van der Waals surface area contributed by atoms with Crippen molar-refractivity contribution in [1.29, 1.82) is 0 Å². The first kappa shape index (κ1) is 28.3. The monoisotopic (exact) mass is 521 g/mol. The van der Waals surface area contributed by atoms with Gasteiger partial charge in [0.25, 0.3) is 0 Å². The van der Waals surface area contributed by atoms with Gasteiger partial charge in [0.15, 0.2) is 0 Å². The van der Waals surface area contributed by atoms with Crippen molar-refractivity contribution in [1.82, 2.24) is 14.7 Å². The number of nitrogens with one attached hydrogen (secondary N) is 2. The quantitative estimate of drug-likeness (QED) is 0.326. The van der Waals surface area contributed by atoms with E-state index in [1.54, 1.807) is 21.3 Å². The van der Waals surface area contributed by atoms with Crippen molar-refractivity contribution >= 4 is 35.2 Å². The van der Waals surface area contributed by atoms with E-state index in [9.17, 15) is 9.59 Å². The third kappa shape index (κ3) is 7.61. The van der Waals surface area contributed by atoms with E-state index in [1.165, 1.54) is 0 Å². The second-order valence-electron chi connectivity index (χ2n) is 10.8. The molecule has 0 aliphatic carbocycles. The molecule has 2 aromatic carbocycles. The molecule has 3 rings (SSSR count). The number of hydrogen-bond donors (Lipinski definition) is 2. The van der Waals surface area contributed by atoms with Crippen LogP contribution < -0.4 is 10.6 Å². The number of rotatable bonds is 8. The van der Waals surface area contributed by atoms with Crippen LogP contribution in [0, 0.1) is 19.8 Å². The molecule has 198 valence electrons. The topological polar surface area (TPSA) is 79.3 Å². The van der Waals surface area contributed by atoms with E-state index in [2.05, 4.69) is 44.4 Å². The molecule has 1 heterocycles. The number of anilines is 2. The summed E-state index contributed by atoms with van der Waals surface area (Å²) >= 11 is 1.64. The Hall–Kier alpha value is -3.26. The summed E-state index contributed by atoms with van der Waals surface area (Å²) in [6, 6.07) is 15.4. The van der Waals surface area contributed by atoms with Gasteiger partial charge in [-0.25, -0.2) is 9.48 Å². The molecule has 0 aliphatic rings. The Balaban J connectivity index is 1.83. The number of aryl methyl sites for hydroxylation is 2. The van der Waals surface area contributed by atoms with Gasteiger partial charge in [-0.3, -0.25) is 4.79 Å². The average molecular weight is 522 g/mol. The average Bonchev–Trinajstić information content (AvgIpc) is 3.22. The molecule has 1 aromatic heterocycles. The molecule has 0 atom stereocenters. The molecular formula is C29H39N5O2S. The molecule has 0 radical (unpaired) electrons. The van der Waals surface area contributed by atoms with Crippen molar-refractivity contribution in [3.63, 3.8) is 0 Å². The van der Waals surface area contributed by atoms with Crippen molar-refractivity contribution < 1.29 is 9.59 Å². The van der Waals surface area contributed by atoms with Gasteiger partial charge in [0.1, 0.15) is 12.4 Å². The van der Waals surface area contributed by atoms with Gasteiger partial charge in [0, 0.05) is 28.6 Å². The number of thioether (sulfide) groups is 1. The first-order valence-corrected chi connectivity index (χ1v) is 13.8. The van der Waals surface area contributed by atoms with Crippen molar-refractivity contribution in [2.75, 3.05) is 30.0 Å². The highest BCUT2D eigenvalue weighted by Crippen LogP contribution is 2.28. The summed E-state index contributed by atoms with van der Waals surface area (Å²) in [4.78, 5) is 29.0. The highest BCUT2D eigenvalue weighted by Gasteiger charge is 2.24. The lowest BCUT2D eigenvalue weighted by atomic mass is 9.92. The van der Waals surface area contributed by atoms with E-state index in [-0.39, 0.29) is 29.8 Å². The van der Waals surface area contributed by atoms with E-state index < -0.39 is 0 Å². The van der Waals surface area contributed by atoms with Crippen LogP contribution in [0.3, 0.4) is 0 Å². The summed E-state index contributed by atoms with van der Waals surface area (Å²) in [5.74, 6) is 0.505. The van der Waals surface area contributed by atoms with Gasteiger partial charge in [-0.15, -0.1) is 11.8 Å². The summed E-state index contributed by atoms with van der Waals surface area (Å²) in [5, 5.41) is 10.8. The molecule has 0 fully saturated rings. The maximum Gasteiger partial charge on any atom is 0.322 e. The minimum atomic E-state index is -0.306. The minimum Gasteiger partial charge on any atom is -0.315 e. The maximum atomic E-state index is 13.2. The second kappa shape index (κ2) is 11.9. The molecule has 0 saturated heterocycles. The van der Waals surface area contributed by atoms with Crippen LogP contribution >= 0.6 is 11.8 Å². The largest absolute Gasteiger partial charge is 0.322 e. The summed E-state index contributed by atoms with van der Waals surface area (Å²) < 4.78 is 1.79. The molecule has 0 bridgehead atoms. The van der Waals surface area contributed by atoms with Crippen LogP contribution in [0.2, 0.25) is 0 Å². The smallest absolute Gasteiger partial charge is 0.315 e. The lowest BCUT2D eigenvalue weighted by molar-refractivity contribution is -0.116. The lowest BCUT2D eigenvalue weighted by Gasteiger charge is -2.24. The normalized spacial score (nSPS) is 11.5. The summed E-state index contributed by atoms with van der Waals surface area (Å²) in [7, 11) is 0.